The molecule has 0 amide bonds. The van der Waals surface area contributed by atoms with Gasteiger partial charge in [0.05, 0.1) is 5.75 Å². The Labute approximate surface area is 115 Å². The number of rotatable bonds is 4. The number of nitrogens with two attached hydrogens (primary N) is 1. The molecule has 0 spiro atoms. The molecule has 1 atom stereocenters. The summed E-state index contributed by atoms with van der Waals surface area (Å²) in [5, 5.41) is 15.4. The van der Waals surface area contributed by atoms with Gasteiger partial charge in [0.2, 0.25) is 0 Å². The molecule has 0 bridgehead atoms. The van der Waals surface area contributed by atoms with Crippen LogP contribution in [0.3, 0.4) is 0 Å². The van der Waals surface area contributed by atoms with Crippen LogP contribution in [-0.2, 0) is 16.4 Å². The van der Waals surface area contributed by atoms with E-state index in [2.05, 4.69) is 10.5 Å². The van der Waals surface area contributed by atoms with E-state index in [4.69, 9.17) is 10.9 Å². The molecule has 0 aromatic heterocycles. The molecule has 1 heterocycles. The summed E-state index contributed by atoms with van der Waals surface area (Å²) in [5.74, 6) is -0.698. The predicted octanol–water partition coefficient (Wildman–Crippen LogP) is 0.320. The minimum Gasteiger partial charge on any atom is -0.409 e. The molecule has 0 radical (unpaired) electrons. The predicted molar refractivity (Wildman–Crippen MR) is 72.5 cm³/mol. The fourth-order valence-electron chi connectivity index (χ4n) is 1.85. The second kappa shape index (κ2) is 5.59. The molecule has 2 rings (SSSR count). The Morgan fingerprint density at radius 2 is 2.30 bits per heavy atom. The Hall–Kier alpha value is -1.93. The van der Waals surface area contributed by atoms with Gasteiger partial charge in [-0.05, 0) is 6.07 Å². The number of amidine groups is 1. The summed E-state index contributed by atoms with van der Waals surface area (Å²) in [7, 11) is -3.13. The van der Waals surface area contributed by atoms with Crippen molar-refractivity contribution < 1.29 is 18.0 Å². The van der Waals surface area contributed by atoms with E-state index in [9.17, 15) is 12.8 Å². The number of benzene rings is 1. The molecule has 0 aliphatic carbocycles. The van der Waals surface area contributed by atoms with Crippen LogP contribution in [0.25, 0.3) is 0 Å². The molecule has 1 unspecified atom stereocenters. The van der Waals surface area contributed by atoms with Crippen LogP contribution in [0.4, 0.5) is 4.39 Å². The smallest absolute Gasteiger partial charge is 0.173 e. The first-order valence-corrected chi connectivity index (χ1v) is 7.53. The average Bonchev–Trinajstić information content (AvgIpc) is 2.76. The van der Waals surface area contributed by atoms with E-state index in [1.807, 2.05) is 0 Å². The van der Waals surface area contributed by atoms with Crippen molar-refractivity contribution in [1.82, 2.24) is 5.32 Å². The maximum absolute atomic E-state index is 13.8. The van der Waals surface area contributed by atoms with Crippen molar-refractivity contribution in [3.05, 3.63) is 46.6 Å². The van der Waals surface area contributed by atoms with Gasteiger partial charge in [0.25, 0.3) is 0 Å². The molecule has 108 valence electrons. The number of halogens is 1. The van der Waals surface area contributed by atoms with E-state index in [1.54, 1.807) is 0 Å². The maximum atomic E-state index is 13.8. The van der Waals surface area contributed by atoms with Gasteiger partial charge in [-0.2, -0.15) is 0 Å². The first-order chi connectivity index (χ1) is 9.41. The summed E-state index contributed by atoms with van der Waals surface area (Å²) >= 11 is 0. The summed E-state index contributed by atoms with van der Waals surface area (Å²) in [5.41, 5.74) is 6.01. The fraction of sp³-hybridized carbons (Fsp3) is 0.250. The number of hydrogen-bond donors (Lipinski definition) is 3. The standard InChI is InChI=1S/C12H14FN3O3S/c13-11-5-8(12(14)16-17)1-2-9(11)6-15-10-3-4-20(18,19)7-10/h1-5,10,15,17H,6-7H2,(H2,14,16). The quantitative estimate of drug-likeness (QED) is 0.321. The average molecular weight is 299 g/mol. The van der Waals surface area contributed by atoms with E-state index >= 15 is 0 Å². The Kier molecular flexibility index (Phi) is 4.05. The number of sulfone groups is 1. The van der Waals surface area contributed by atoms with Crippen LogP contribution in [-0.4, -0.2) is 31.3 Å². The van der Waals surface area contributed by atoms with Gasteiger partial charge in [-0.1, -0.05) is 23.4 Å². The van der Waals surface area contributed by atoms with Gasteiger partial charge < -0.3 is 16.3 Å². The van der Waals surface area contributed by atoms with E-state index in [0.717, 1.165) is 11.5 Å². The Morgan fingerprint density at radius 1 is 1.55 bits per heavy atom. The Balaban J connectivity index is 2.03. The first-order valence-electron chi connectivity index (χ1n) is 5.82. The van der Waals surface area contributed by atoms with Crippen molar-refractivity contribution >= 4 is 15.7 Å². The molecule has 1 aliphatic heterocycles. The highest BCUT2D eigenvalue weighted by Crippen LogP contribution is 2.13. The van der Waals surface area contributed by atoms with Gasteiger partial charge in [0, 0.05) is 29.1 Å². The molecule has 4 N–H and O–H groups in total. The summed E-state index contributed by atoms with van der Waals surface area (Å²) in [6.07, 6.45) is 1.54. The van der Waals surface area contributed by atoms with Crippen LogP contribution < -0.4 is 11.1 Å². The minimum atomic E-state index is -3.13. The molecule has 20 heavy (non-hydrogen) atoms. The van der Waals surface area contributed by atoms with Crippen LogP contribution in [0.1, 0.15) is 11.1 Å². The third-order valence-corrected chi connectivity index (χ3v) is 4.34. The number of hydrogen-bond acceptors (Lipinski definition) is 5. The van der Waals surface area contributed by atoms with Crippen LogP contribution in [0.15, 0.2) is 34.8 Å². The molecule has 0 saturated heterocycles. The normalized spacial score (nSPS) is 21.2. The van der Waals surface area contributed by atoms with Crippen LogP contribution in [0.2, 0.25) is 0 Å². The van der Waals surface area contributed by atoms with Crippen molar-refractivity contribution in [2.24, 2.45) is 10.9 Å². The second-order valence-electron chi connectivity index (χ2n) is 4.44. The van der Waals surface area contributed by atoms with E-state index in [0.29, 0.717) is 5.56 Å². The summed E-state index contributed by atoms with van der Waals surface area (Å²) in [4.78, 5) is 0. The summed E-state index contributed by atoms with van der Waals surface area (Å²) in [6.45, 7) is 0.187. The number of nitrogens with one attached hydrogen (secondary N) is 1. The first kappa shape index (κ1) is 14.5. The fourth-order valence-corrected chi connectivity index (χ4v) is 3.12. The lowest BCUT2D eigenvalue weighted by molar-refractivity contribution is 0.318. The zero-order valence-electron chi connectivity index (χ0n) is 10.5. The van der Waals surface area contributed by atoms with Crippen molar-refractivity contribution in [3.8, 4) is 0 Å². The van der Waals surface area contributed by atoms with Crippen LogP contribution >= 0.6 is 0 Å². The monoisotopic (exact) mass is 299 g/mol. The molecule has 0 saturated carbocycles. The molecular weight excluding hydrogens is 285 g/mol. The van der Waals surface area contributed by atoms with E-state index in [-0.39, 0.29) is 29.7 Å². The molecule has 1 aliphatic rings. The third-order valence-electron chi connectivity index (χ3n) is 2.94. The third kappa shape index (κ3) is 3.34. The Morgan fingerprint density at radius 3 is 2.85 bits per heavy atom. The summed E-state index contributed by atoms with van der Waals surface area (Å²) < 4.78 is 36.2. The SMILES string of the molecule is NC(=NO)c1ccc(CNC2C=CS(=O)(=O)C2)c(F)c1. The highest BCUT2D eigenvalue weighted by Gasteiger charge is 2.21. The molecular formula is C12H14FN3O3S. The zero-order chi connectivity index (χ0) is 14.8. The zero-order valence-corrected chi connectivity index (χ0v) is 11.3. The lowest BCUT2D eigenvalue weighted by Crippen LogP contribution is -2.29. The second-order valence-corrected chi connectivity index (χ2v) is 6.37. The highest BCUT2D eigenvalue weighted by molar-refractivity contribution is 7.94. The van der Waals surface area contributed by atoms with Crippen LogP contribution in [0, 0.1) is 5.82 Å². The molecule has 8 heteroatoms. The van der Waals surface area contributed by atoms with Gasteiger partial charge in [0.15, 0.2) is 15.7 Å². The topological polar surface area (TPSA) is 105 Å². The molecule has 1 aromatic rings. The van der Waals surface area contributed by atoms with Crippen molar-refractivity contribution in [3.63, 3.8) is 0 Å². The number of nitrogens with zero attached hydrogens (tertiary/aromatic N) is 1. The minimum absolute atomic E-state index is 0.0170. The lowest BCUT2D eigenvalue weighted by atomic mass is 10.1. The van der Waals surface area contributed by atoms with E-state index in [1.165, 1.54) is 18.2 Å². The maximum Gasteiger partial charge on any atom is 0.173 e. The highest BCUT2D eigenvalue weighted by atomic mass is 32.2. The summed E-state index contributed by atoms with van der Waals surface area (Å²) in [6, 6.07) is 3.87. The number of oxime groups is 1. The lowest BCUT2D eigenvalue weighted by Gasteiger charge is -2.11. The molecule has 1 aromatic carbocycles. The van der Waals surface area contributed by atoms with E-state index < -0.39 is 15.7 Å². The van der Waals surface area contributed by atoms with Crippen molar-refractivity contribution in [1.29, 1.82) is 0 Å². The van der Waals surface area contributed by atoms with Gasteiger partial charge >= 0.3 is 0 Å². The van der Waals surface area contributed by atoms with Crippen LogP contribution in [0.5, 0.6) is 0 Å². The van der Waals surface area contributed by atoms with Crippen molar-refractivity contribution in [2.75, 3.05) is 5.75 Å². The van der Waals surface area contributed by atoms with Crippen molar-refractivity contribution in [2.45, 2.75) is 12.6 Å². The molecule has 0 fully saturated rings. The Bertz CT molecular complexity index is 671. The van der Waals surface area contributed by atoms with Gasteiger partial charge in [-0.3, -0.25) is 0 Å². The molecule has 6 nitrogen and oxygen atoms in total. The largest absolute Gasteiger partial charge is 0.409 e. The van der Waals surface area contributed by atoms with Gasteiger partial charge in [-0.15, -0.1) is 0 Å². The van der Waals surface area contributed by atoms with Gasteiger partial charge in [-0.25, -0.2) is 12.8 Å². The van der Waals surface area contributed by atoms with Gasteiger partial charge in [0.1, 0.15) is 5.82 Å².